The average molecular weight is 564 g/mol. The van der Waals surface area contributed by atoms with Gasteiger partial charge < -0.3 is 10.2 Å². The van der Waals surface area contributed by atoms with Crippen LogP contribution in [0.4, 0.5) is 5.69 Å². The number of nitrogens with one attached hydrogen (secondary N) is 1. The van der Waals surface area contributed by atoms with E-state index in [4.69, 9.17) is 0 Å². The van der Waals surface area contributed by atoms with Crippen LogP contribution in [0.1, 0.15) is 55.9 Å². The number of carbonyl (C=O) groups excluding carboxylic acids is 2. The van der Waals surface area contributed by atoms with Gasteiger partial charge in [-0.05, 0) is 87.1 Å². The fourth-order valence-corrected chi connectivity index (χ4v) is 5.89. The number of rotatable bonds is 12. The number of benzene rings is 3. The Morgan fingerprint density at radius 3 is 2.08 bits per heavy atom. The van der Waals surface area contributed by atoms with Crippen molar-refractivity contribution >= 4 is 27.5 Å². The molecule has 0 aliphatic carbocycles. The zero-order chi connectivity index (χ0) is 29.4. The first-order valence-electron chi connectivity index (χ1n) is 13.8. The molecule has 7 nitrogen and oxygen atoms in total. The zero-order valence-corrected chi connectivity index (χ0v) is 25.2. The molecule has 40 heavy (non-hydrogen) atoms. The molecule has 0 aliphatic rings. The molecule has 0 spiro atoms. The van der Waals surface area contributed by atoms with Crippen LogP contribution in [0.3, 0.4) is 0 Å². The summed E-state index contributed by atoms with van der Waals surface area (Å²) in [5, 5.41) is 3.01. The van der Waals surface area contributed by atoms with E-state index < -0.39 is 28.5 Å². The number of anilines is 1. The summed E-state index contributed by atoms with van der Waals surface area (Å²) in [4.78, 5) is 29.2. The number of carbonyl (C=O) groups is 2. The summed E-state index contributed by atoms with van der Waals surface area (Å²) in [6, 6.07) is 20.3. The van der Waals surface area contributed by atoms with Crippen LogP contribution in [0.5, 0.6) is 0 Å². The summed E-state index contributed by atoms with van der Waals surface area (Å²) in [5.74, 6) is -0.699. The van der Waals surface area contributed by atoms with Crippen molar-refractivity contribution in [3.8, 4) is 0 Å². The van der Waals surface area contributed by atoms with Gasteiger partial charge in [-0.1, -0.05) is 62.4 Å². The smallest absolute Gasteiger partial charge is 0.264 e. The van der Waals surface area contributed by atoms with Crippen molar-refractivity contribution in [3.63, 3.8) is 0 Å². The maximum Gasteiger partial charge on any atom is 0.264 e. The largest absolute Gasteiger partial charge is 0.352 e. The molecule has 214 valence electrons. The lowest BCUT2D eigenvalue weighted by Gasteiger charge is -2.34. The summed E-state index contributed by atoms with van der Waals surface area (Å²) in [5.41, 5.74) is 4.21. The Balaban J connectivity index is 2.08. The average Bonchev–Trinajstić information content (AvgIpc) is 2.94. The van der Waals surface area contributed by atoms with Gasteiger partial charge in [0.1, 0.15) is 12.6 Å². The lowest BCUT2D eigenvalue weighted by Crippen LogP contribution is -2.53. The fraction of sp³-hybridized carbons (Fsp3) is 0.375. The Labute approximate surface area is 239 Å². The second kappa shape index (κ2) is 13.6. The highest BCUT2D eigenvalue weighted by atomic mass is 32.2. The van der Waals surface area contributed by atoms with Crippen molar-refractivity contribution in [3.05, 3.63) is 95.1 Å². The Bertz CT molecular complexity index is 1420. The van der Waals surface area contributed by atoms with Crippen molar-refractivity contribution in [2.75, 3.05) is 10.8 Å². The molecule has 0 saturated carbocycles. The highest BCUT2D eigenvalue weighted by molar-refractivity contribution is 7.92. The van der Waals surface area contributed by atoms with E-state index in [1.54, 1.807) is 30.3 Å². The standard InChI is InChI=1S/C32H41N3O4S/c1-7-26(6)33-32(37)30(8-2)34(21-27-15-13-12-14-24(27)4)31(36)22-35(28-19-18-23(3)25(5)20-28)40(38,39)29-16-10-9-11-17-29/h9-20,26,30H,7-8,21-22H2,1-6H3,(H,33,37)/t26-,30+/m0/s1. The fourth-order valence-electron chi connectivity index (χ4n) is 4.46. The maximum atomic E-state index is 14.2. The first kappa shape index (κ1) is 30.9. The van der Waals surface area contributed by atoms with Crippen molar-refractivity contribution in [1.29, 1.82) is 0 Å². The summed E-state index contributed by atoms with van der Waals surface area (Å²) >= 11 is 0. The molecular formula is C32H41N3O4S. The molecule has 0 radical (unpaired) electrons. The van der Waals surface area contributed by atoms with E-state index in [1.807, 2.05) is 71.9 Å². The normalized spacial score (nSPS) is 12.8. The minimum atomic E-state index is -4.08. The predicted molar refractivity (Wildman–Crippen MR) is 161 cm³/mol. The molecule has 0 fully saturated rings. The van der Waals surface area contributed by atoms with Crippen LogP contribution < -0.4 is 9.62 Å². The van der Waals surface area contributed by atoms with E-state index in [9.17, 15) is 18.0 Å². The zero-order valence-electron chi connectivity index (χ0n) is 24.3. The quantitative estimate of drug-likeness (QED) is 0.314. The SMILES string of the molecule is CC[C@H](C(=O)N[C@@H](C)CC)N(Cc1ccccc1C)C(=O)CN(c1ccc(C)c(C)c1)S(=O)(=O)c1ccccc1. The molecule has 0 saturated heterocycles. The van der Waals surface area contributed by atoms with Gasteiger partial charge in [0.05, 0.1) is 10.6 Å². The summed E-state index contributed by atoms with van der Waals surface area (Å²) in [6.45, 7) is 11.3. The molecule has 2 atom stereocenters. The summed E-state index contributed by atoms with van der Waals surface area (Å²) in [7, 11) is -4.08. The third-order valence-corrected chi connectivity index (χ3v) is 9.17. The lowest BCUT2D eigenvalue weighted by atomic mass is 10.1. The van der Waals surface area contributed by atoms with Crippen LogP contribution in [0, 0.1) is 20.8 Å². The number of nitrogens with zero attached hydrogens (tertiary/aromatic N) is 2. The molecule has 0 unspecified atom stereocenters. The molecule has 3 aromatic rings. The number of aryl methyl sites for hydroxylation is 3. The van der Waals surface area contributed by atoms with Crippen LogP contribution in [0.25, 0.3) is 0 Å². The van der Waals surface area contributed by atoms with Crippen LogP contribution >= 0.6 is 0 Å². The van der Waals surface area contributed by atoms with Gasteiger partial charge in [-0.15, -0.1) is 0 Å². The topological polar surface area (TPSA) is 86.8 Å². The highest BCUT2D eigenvalue weighted by Gasteiger charge is 2.34. The molecule has 3 rings (SSSR count). The van der Waals surface area contributed by atoms with E-state index in [-0.39, 0.29) is 23.4 Å². The third kappa shape index (κ3) is 7.30. The minimum absolute atomic E-state index is 0.0533. The van der Waals surface area contributed by atoms with E-state index in [2.05, 4.69) is 5.32 Å². The maximum absolute atomic E-state index is 14.2. The van der Waals surface area contributed by atoms with Crippen molar-refractivity contribution < 1.29 is 18.0 Å². The van der Waals surface area contributed by atoms with Gasteiger partial charge in [0.2, 0.25) is 11.8 Å². The second-order valence-corrected chi connectivity index (χ2v) is 12.1. The Hall–Kier alpha value is -3.65. The van der Waals surface area contributed by atoms with Gasteiger partial charge in [0, 0.05) is 12.6 Å². The Kier molecular flexibility index (Phi) is 10.5. The van der Waals surface area contributed by atoms with Crippen molar-refractivity contribution in [1.82, 2.24) is 10.2 Å². The molecule has 0 heterocycles. The first-order valence-corrected chi connectivity index (χ1v) is 15.2. The van der Waals surface area contributed by atoms with Crippen LogP contribution in [0.15, 0.2) is 77.7 Å². The van der Waals surface area contributed by atoms with Gasteiger partial charge in [0.15, 0.2) is 0 Å². The van der Waals surface area contributed by atoms with E-state index in [0.717, 1.165) is 33.0 Å². The van der Waals surface area contributed by atoms with E-state index in [1.165, 1.54) is 17.0 Å². The van der Waals surface area contributed by atoms with Crippen LogP contribution in [0.2, 0.25) is 0 Å². The Morgan fingerprint density at radius 2 is 1.48 bits per heavy atom. The number of hydrogen-bond acceptors (Lipinski definition) is 4. The van der Waals surface area contributed by atoms with Gasteiger partial charge in [-0.25, -0.2) is 8.42 Å². The summed E-state index contributed by atoms with van der Waals surface area (Å²) < 4.78 is 29.0. The lowest BCUT2D eigenvalue weighted by molar-refractivity contribution is -0.140. The van der Waals surface area contributed by atoms with Gasteiger partial charge in [-0.2, -0.15) is 0 Å². The molecule has 2 amide bonds. The number of sulfonamides is 1. The molecule has 0 aliphatic heterocycles. The monoisotopic (exact) mass is 563 g/mol. The molecule has 3 aromatic carbocycles. The highest BCUT2D eigenvalue weighted by Crippen LogP contribution is 2.27. The van der Waals surface area contributed by atoms with Gasteiger partial charge in [-0.3, -0.25) is 13.9 Å². The van der Waals surface area contributed by atoms with Crippen molar-refractivity contribution in [2.45, 2.75) is 77.9 Å². The van der Waals surface area contributed by atoms with Gasteiger partial charge in [0.25, 0.3) is 10.0 Å². The van der Waals surface area contributed by atoms with E-state index in [0.29, 0.717) is 12.1 Å². The van der Waals surface area contributed by atoms with Crippen LogP contribution in [-0.2, 0) is 26.2 Å². The molecule has 1 N–H and O–H groups in total. The molecule has 0 aromatic heterocycles. The Morgan fingerprint density at radius 1 is 0.825 bits per heavy atom. The first-order chi connectivity index (χ1) is 19.0. The summed E-state index contributed by atoms with van der Waals surface area (Å²) in [6.07, 6.45) is 1.14. The predicted octanol–water partition coefficient (Wildman–Crippen LogP) is 5.53. The van der Waals surface area contributed by atoms with Crippen molar-refractivity contribution in [2.24, 2.45) is 0 Å². The molecular weight excluding hydrogens is 522 g/mol. The number of hydrogen-bond donors (Lipinski definition) is 1. The van der Waals surface area contributed by atoms with Gasteiger partial charge >= 0.3 is 0 Å². The van der Waals surface area contributed by atoms with E-state index >= 15 is 0 Å². The third-order valence-electron chi connectivity index (χ3n) is 7.38. The minimum Gasteiger partial charge on any atom is -0.352 e. The molecule has 0 bridgehead atoms. The second-order valence-electron chi connectivity index (χ2n) is 10.3. The number of amides is 2. The van der Waals surface area contributed by atoms with Crippen LogP contribution in [-0.4, -0.2) is 43.8 Å². The molecule has 8 heteroatoms.